The quantitative estimate of drug-likeness (QED) is 0.558. The van der Waals surface area contributed by atoms with Gasteiger partial charge in [-0.25, -0.2) is 4.39 Å². The predicted octanol–water partition coefficient (Wildman–Crippen LogP) is 4.31. The largest absolute Gasteiger partial charge is 0.416 e. The lowest BCUT2D eigenvalue weighted by molar-refractivity contribution is -0.137. The van der Waals surface area contributed by atoms with Gasteiger partial charge >= 0.3 is 6.18 Å². The van der Waals surface area contributed by atoms with Crippen LogP contribution in [0.4, 0.5) is 22.4 Å². The molecule has 1 N–H and O–H groups in total. The molecule has 2 aromatic rings. The van der Waals surface area contributed by atoms with Crippen LogP contribution < -0.4 is 5.32 Å². The minimum absolute atomic E-state index is 0.0364. The number of nitrogens with zero attached hydrogens (tertiary/aromatic N) is 1. The van der Waals surface area contributed by atoms with Crippen LogP contribution in [0.1, 0.15) is 21.5 Å². The van der Waals surface area contributed by atoms with Crippen molar-refractivity contribution < 1.29 is 31.9 Å². The molecule has 1 saturated heterocycles. The second kappa shape index (κ2) is 8.70. The molecule has 1 aliphatic rings. The maximum absolute atomic E-state index is 13.7. The van der Waals surface area contributed by atoms with Crippen LogP contribution in [0.25, 0.3) is 6.08 Å². The summed E-state index contributed by atoms with van der Waals surface area (Å²) in [6.45, 7) is -0.329. The molecule has 0 radical (unpaired) electrons. The molecule has 3 amide bonds. The van der Waals surface area contributed by atoms with Crippen molar-refractivity contribution in [3.05, 3.63) is 75.9 Å². The lowest BCUT2D eigenvalue weighted by atomic mass is 10.1. The second-order valence-corrected chi connectivity index (χ2v) is 7.18. The van der Waals surface area contributed by atoms with Crippen molar-refractivity contribution in [2.75, 3.05) is 13.1 Å². The van der Waals surface area contributed by atoms with E-state index in [2.05, 4.69) is 5.32 Å². The molecule has 30 heavy (non-hydrogen) atoms. The first-order valence-corrected chi connectivity index (χ1v) is 9.44. The normalized spacial score (nSPS) is 15.7. The lowest BCUT2D eigenvalue weighted by Gasteiger charge is -2.13. The summed E-state index contributed by atoms with van der Waals surface area (Å²) in [5, 5.41) is 1.79. The first-order valence-electron chi connectivity index (χ1n) is 8.62. The maximum atomic E-state index is 13.7. The number of amides is 3. The van der Waals surface area contributed by atoms with Crippen molar-refractivity contribution in [1.29, 1.82) is 0 Å². The molecule has 0 atom stereocenters. The number of carbonyl (C=O) groups is 3. The first kappa shape index (κ1) is 21.6. The van der Waals surface area contributed by atoms with Crippen molar-refractivity contribution in [3.8, 4) is 0 Å². The number of nitrogens with one attached hydrogen (secondary N) is 1. The summed E-state index contributed by atoms with van der Waals surface area (Å²) in [5.74, 6) is -1.95. The van der Waals surface area contributed by atoms with Crippen LogP contribution in [0.15, 0.2) is 53.4 Å². The minimum atomic E-state index is -4.58. The molecular weight excluding hydrogens is 424 g/mol. The van der Waals surface area contributed by atoms with Gasteiger partial charge in [0.05, 0.1) is 10.5 Å². The van der Waals surface area contributed by atoms with Crippen molar-refractivity contribution in [2.24, 2.45) is 0 Å². The molecule has 10 heteroatoms. The molecular formula is C20H14F4N2O3S. The third-order valence-electron chi connectivity index (χ3n) is 4.14. The summed E-state index contributed by atoms with van der Waals surface area (Å²) in [6.07, 6.45) is -3.32. The zero-order valence-corrected chi connectivity index (χ0v) is 16.0. The van der Waals surface area contributed by atoms with Crippen molar-refractivity contribution >= 4 is 34.9 Å². The molecule has 5 nitrogen and oxygen atoms in total. The Morgan fingerprint density at radius 3 is 2.53 bits per heavy atom. The molecule has 0 aliphatic carbocycles. The van der Waals surface area contributed by atoms with Crippen LogP contribution in [-0.4, -0.2) is 35.0 Å². The third-order valence-corrected chi connectivity index (χ3v) is 5.05. The van der Waals surface area contributed by atoms with Gasteiger partial charge in [0.1, 0.15) is 5.82 Å². The second-order valence-electron chi connectivity index (χ2n) is 6.19. The lowest BCUT2D eigenvalue weighted by Crippen LogP contribution is -2.37. The number of imide groups is 1. The van der Waals surface area contributed by atoms with Gasteiger partial charge in [0.15, 0.2) is 0 Å². The van der Waals surface area contributed by atoms with E-state index in [4.69, 9.17) is 0 Å². The Bertz CT molecular complexity index is 1040. The van der Waals surface area contributed by atoms with Crippen LogP contribution >= 0.6 is 11.8 Å². The summed E-state index contributed by atoms with van der Waals surface area (Å²) >= 11 is 0.639. The predicted molar refractivity (Wildman–Crippen MR) is 103 cm³/mol. The van der Waals surface area contributed by atoms with E-state index in [0.29, 0.717) is 17.8 Å². The fraction of sp³-hybridized carbons (Fsp3) is 0.150. The van der Waals surface area contributed by atoms with E-state index >= 15 is 0 Å². The highest BCUT2D eigenvalue weighted by molar-refractivity contribution is 8.18. The molecule has 1 fully saturated rings. The number of thioether (sulfide) groups is 1. The van der Waals surface area contributed by atoms with Crippen molar-refractivity contribution in [1.82, 2.24) is 10.2 Å². The Kier molecular flexibility index (Phi) is 6.25. The van der Waals surface area contributed by atoms with Gasteiger partial charge in [-0.2, -0.15) is 13.2 Å². The highest BCUT2D eigenvalue weighted by Gasteiger charge is 2.35. The van der Waals surface area contributed by atoms with Gasteiger partial charge in [-0.15, -0.1) is 0 Å². The first-order chi connectivity index (χ1) is 14.2. The molecule has 0 unspecified atom stereocenters. The van der Waals surface area contributed by atoms with Crippen molar-refractivity contribution in [3.63, 3.8) is 0 Å². The van der Waals surface area contributed by atoms with Gasteiger partial charge in [-0.3, -0.25) is 19.3 Å². The summed E-state index contributed by atoms with van der Waals surface area (Å²) in [4.78, 5) is 37.4. The van der Waals surface area contributed by atoms with Gasteiger partial charge in [0.2, 0.25) is 0 Å². The summed E-state index contributed by atoms with van der Waals surface area (Å²) < 4.78 is 52.0. The maximum Gasteiger partial charge on any atom is 0.416 e. The molecule has 1 aliphatic heterocycles. The van der Waals surface area contributed by atoms with Gasteiger partial charge in [0, 0.05) is 24.2 Å². The SMILES string of the molecule is O=C(NCCN1C(=O)S/C(=C\c2ccccc2F)C1=O)c1cccc(C(F)(F)F)c1. The van der Waals surface area contributed by atoms with E-state index in [9.17, 15) is 31.9 Å². The molecule has 0 aromatic heterocycles. The molecule has 0 bridgehead atoms. The van der Waals surface area contributed by atoms with E-state index < -0.39 is 34.6 Å². The standard InChI is InChI=1S/C20H14F4N2O3S/c21-15-7-2-1-4-12(15)11-16-18(28)26(19(29)30-16)9-8-25-17(27)13-5-3-6-14(10-13)20(22,23)24/h1-7,10-11H,8-9H2,(H,25,27)/b16-11-. The average Bonchev–Trinajstić information content (AvgIpc) is 2.96. The van der Waals surface area contributed by atoms with Crippen LogP contribution in [0, 0.1) is 5.82 Å². The molecule has 156 valence electrons. The molecule has 1 heterocycles. The Morgan fingerprint density at radius 2 is 1.83 bits per heavy atom. The number of rotatable bonds is 5. The van der Waals surface area contributed by atoms with Crippen LogP contribution in [0.2, 0.25) is 0 Å². The Balaban J connectivity index is 1.61. The van der Waals surface area contributed by atoms with E-state index in [1.54, 1.807) is 6.07 Å². The van der Waals surface area contributed by atoms with Gasteiger partial charge < -0.3 is 5.32 Å². The Labute approximate surface area is 172 Å². The number of hydrogen-bond acceptors (Lipinski definition) is 4. The van der Waals surface area contributed by atoms with E-state index in [1.165, 1.54) is 30.3 Å². The zero-order valence-electron chi connectivity index (χ0n) is 15.2. The Morgan fingerprint density at radius 1 is 1.10 bits per heavy atom. The fourth-order valence-electron chi connectivity index (χ4n) is 2.65. The van der Waals surface area contributed by atoms with Crippen LogP contribution in [0.3, 0.4) is 0 Å². The molecule has 3 rings (SSSR count). The molecule has 2 aromatic carbocycles. The number of alkyl halides is 3. The average molecular weight is 438 g/mol. The number of halogens is 4. The number of carbonyl (C=O) groups excluding carboxylic acids is 3. The summed E-state index contributed by atoms with van der Waals surface area (Å²) in [5.41, 5.74) is -1.00. The summed E-state index contributed by atoms with van der Waals surface area (Å²) in [6, 6.07) is 9.65. The molecule has 0 saturated carbocycles. The van der Waals surface area contributed by atoms with Crippen molar-refractivity contribution in [2.45, 2.75) is 6.18 Å². The smallest absolute Gasteiger partial charge is 0.350 e. The van der Waals surface area contributed by atoms with E-state index in [1.807, 2.05) is 0 Å². The Hall–Kier alpha value is -3.14. The number of hydrogen-bond donors (Lipinski definition) is 1. The fourth-order valence-corrected chi connectivity index (χ4v) is 3.50. The monoisotopic (exact) mass is 438 g/mol. The molecule has 0 spiro atoms. The number of benzene rings is 2. The van der Waals surface area contributed by atoms with Gasteiger partial charge in [0.25, 0.3) is 17.1 Å². The highest BCUT2D eigenvalue weighted by Crippen LogP contribution is 2.32. The highest BCUT2D eigenvalue weighted by atomic mass is 32.2. The van der Waals surface area contributed by atoms with E-state index in [-0.39, 0.29) is 29.1 Å². The van der Waals surface area contributed by atoms with Gasteiger partial charge in [-0.05, 0) is 42.1 Å². The zero-order chi connectivity index (χ0) is 21.9. The summed E-state index contributed by atoms with van der Waals surface area (Å²) in [7, 11) is 0. The van der Waals surface area contributed by atoms with Crippen LogP contribution in [-0.2, 0) is 11.0 Å². The topological polar surface area (TPSA) is 66.5 Å². The van der Waals surface area contributed by atoms with Crippen LogP contribution in [0.5, 0.6) is 0 Å². The van der Waals surface area contributed by atoms with E-state index in [0.717, 1.165) is 17.0 Å². The van der Waals surface area contributed by atoms with Gasteiger partial charge in [-0.1, -0.05) is 24.3 Å². The minimum Gasteiger partial charge on any atom is -0.350 e. The third kappa shape index (κ3) is 4.88.